The van der Waals surface area contributed by atoms with Gasteiger partial charge in [-0.2, -0.15) is 0 Å². The number of guanidine groups is 1. The largest absolute Gasteiger partial charge is 0.366 e. The quantitative estimate of drug-likeness (QED) is 0.562. The van der Waals surface area contributed by atoms with E-state index in [0.717, 1.165) is 17.7 Å². The maximum absolute atomic E-state index is 12.9. The minimum Gasteiger partial charge on any atom is -0.366 e. The Morgan fingerprint density at radius 2 is 1.88 bits per heavy atom. The minimum atomic E-state index is -0.456. The highest BCUT2D eigenvalue weighted by molar-refractivity contribution is 5.92. The Labute approximate surface area is 140 Å². The van der Waals surface area contributed by atoms with Crippen LogP contribution < -0.4 is 16.4 Å². The van der Waals surface area contributed by atoms with Crippen molar-refractivity contribution in [1.29, 1.82) is 0 Å². The number of primary amides is 1. The predicted molar refractivity (Wildman–Crippen MR) is 93.0 cm³/mol. The first-order chi connectivity index (χ1) is 11.6. The van der Waals surface area contributed by atoms with Gasteiger partial charge in [0.15, 0.2) is 5.96 Å². The monoisotopic (exact) mass is 328 g/mol. The molecule has 0 fully saturated rings. The zero-order valence-electron chi connectivity index (χ0n) is 13.6. The normalized spacial score (nSPS) is 11.2. The number of aliphatic imine (C=N–C) groups is 1. The zero-order chi connectivity index (χ0) is 17.4. The van der Waals surface area contributed by atoms with Crippen LogP contribution in [0.15, 0.2) is 53.5 Å². The van der Waals surface area contributed by atoms with Crippen LogP contribution >= 0.6 is 0 Å². The van der Waals surface area contributed by atoms with Crippen molar-refractivity contribution in [2.24, 2.45) is 10.7 Å². The van der Waals surface area contributed by atoms with Crippen molar-refractivity contribution in [2.45, 2.75) is 20.0 Å². The Morgan fingerprint density at radius 3 is 2.54 bits per heavy atom. The van der Waals surface area contributed by atoms with Crippen LogP contribution in [0.1, 0.15) is 28.4 Å². The molecule has 0 heterocycles. The first kappa shape index (κ1) is 17.5. The molecule has 0 aliphatic carbocycles. The third-order valence-electron chi connectivity index (χ3n) is 3.35. The predicted octanol–water partition coefficient (Wildman–Crippen LogP) is 2.18. The van der Waals surface area contributed by atoms with Gasteiger partial charge in [0.1, 0.15) is 5.82 Å². The summed E-state index contributed by atoms with van der Waals surface area (Å²) in [5.41, 5.74) is 7.60. The van der Waals surface area contributed by atoms with Gasteiger partial charge in [0.05, 0.1) is 6.54 Å². The highest BCUT2D eigenvalue weighted by atomic mass is 19.1. The topological polar surface area (TPSA) is 79.5 Å². The molecule has 6 heteroatoms. The van der Waals surface area contributed by atoms with Gasteiger partial charge >= 0.3 is 0 Å². The summed E-state index contributed by atoms with van der Waals surface area (Å²) >= 11 is 0. The lowest BCUT2D eigenvalue weighted by molar-refractivity contribution is 0.1000. The molecule has 0 unspecified atom stereocenters. The van der Waals surface area contributed by atoms with Crippen molar-refractivity contribution in [3.8, 4) is 0 Å². The van der Waals surface area contributed by atoms with Crippen LogP contribution in [0.5, 0.6) is 0 Å². The number of carbonyl (C=O) groups is 1. The molecule has 5 nitrogen and oxygen atoms in total. The number of benzene rings is 2. The van der Waals surface area contributed by atoms with E-state index in [-0.39, 0.29) is 5.82 Å². The lowest BCUT2D eigenvalue weighted by Crippen LogP contribution is -2.36. The summed E-state index contributed by atoms with van der Waals surface area (Å²) in [6, 6.07) is 13.4. The lowest BCUT2D eigenvalue weighted by Gasteiger charge is -2.11. The number of hydrogen-bond donors (Lipinski definition) is 3. The molecule has 4 N–H and O–H groups in total. The second kappa shape index (κ2) is 8.67. The number of hydrogen-bond acceptors (Lipinski definition) is 2. The number of amides is 1. The molecule has 0 aromatic heterocycles. The molecular formula is C18H21FN4O. The molecule has 0 saturated heterocycles. The van der Waals surface area contributed by atoms with Gasteiger partial charge < -0.3 is 16.4 Å². The average molecular weight is 328 g/mol. The maximum Gasteiger partial charge on any atom is 0.248 e. The van der Waals surface area contributed by atoms with Crippen molar-refractivity contribution < 1.29 is 9.18 Å². The number of nitrogens with one attached hydrogen (secondary N) is 2. The van der Waals surface area contributed by atoms with E-state index in [1.54, 1.807) is 30.3 Å². The first-order valence-corrected chi connectivity index (χ1v) is 7.74. The fraction of sp³-hybridized carbons (Fsp3) is 0.222. The van der Waals surface area contributed by atoms with E-state index >= 15 is 0 Å². The number of nitrogens with two attached hydrogens (primary N) is 1. The SMILES string of the molecule is CCNC(=NCc1cccc(C(N)=O)c1)NCc1ccc(F)cc1. The molecule has 0 saturated carbocycles. The Kier molecular flexibility index (Phi) is 6.31. The fourth-order valence-electron chi connectivity index (χ4n) is 2.12. The standard InChI is InChI=1S/C18H21FN4O/c1-2-21-18(22-11-13-6-8-16(19)9-7-13)23-12-14-4-3-5-15(10-14)17(20)24/h3-10H,2,11-12H2,1H3,(H2,20,24)(H2,21,22,23). The van der Waals surface area contributed by atoms with Crippen LogP contribution in [0.3, 0.4) is 0 Å². The number of nitrogens with zero attached hydrogens (tertiary/aromatic N) is 1. The Hall–Kier alpha value is -2.89. The Morgan fingerprint density at radius 1 is 1.12 bits per heavy atom. The lowest BCUT2D eigenvalue weighted by atomic mass is 10.1. The minimum absolute atomic E-state index is 0.256. The Bertz CT molecular complexity index is 713. The Balaban J connectivity index is 2.00. The molecule has 0 radical (unpaired) electrons. The van der Waals surface area contributed by atoms with Crippen LogP contribution in [0, 0.1) is 5.82 Å². The van der Waals surface area contributed by atoms with Crippen molar-refractivity contribution >= 4 is 11.9 Å². The average Bonchev–Trinajstić information content (AvgIpc) is 2.59. The summed E-state index contributed by atoms with van der Waals surface area (Å²) in [6.45, 7) is 3.65. The molecule has 0 aliphatic rings. The zero-order valence-corrected chi connectivity index (χ0v) is 13.6. The van der Waals surface area contributed by atoms with Gasteiger partial charge in [-0.25, -0.2) is 9.38 Å². The second-order valence-corrected chi connectivity index (χ2v) is 5.24. The molecule has 1 amide bonds. The van der Waals surface area contributed by atoms with E-state index in [1.807, 2.05) is 13.0 Å². The molecule has 0 bridgehead atoms. The summed E-state index contributed by atoms with van der Waals surface area (Å²) in [5.74, 6) is -0.0675. The first-order valence-electron chi connectivity index (χ1n) is 7.74. The number of halogens is 1. The number of carbonyl (C=O) groups excluding carboxylic acids is 1. The smallest absolute Gasteiger partial charge is 0.248 e. The van der Waals surface area contributed by atoms with E-state index in [9.17, 15) is 9.18 Å². The van der Waals surface area contributed by atoms with Gasteiger partial charge in [-0.15, -0.1) is 0 Å². The summed E-state index contributed by atoms with van der Waals surface area (Å²) in [6.07, 6.45) is 0. The van der Waals surface area contributed by atoms with E-state index < -0.39 is 5.91 Å². The summed E-state index contributed by atoms with van der Waals surface area (Å²) in [4.78, 5) is 15.7. The van der Waals surface area contributed by atoms with Crippen LogP contribution in [0.4, 0.5) is 4.39 Å². The van der Waals surface area contributed by atoms with E-state index in [2.05, 4.69) is 15.6 Å². The van der Waals surface area contributed by atoms with Crippen molar-refractivity contribution in [3.63, 3.8) is 0 Å². The second-order valence-electron chi connectivity index (χ2n) is 5.24. The summed E-state index contributed by atoms with van der Waals surface area (Å²) in [7, 11) is 0. The number of rotatable bonds is 6. The molecule has 0 spiro atoms. The highest BCUT2D eigenvalue weighted by Crippen LogP contribution is 2.06. The molecule has 2 aromatic carbocycles. The summed E-state index contributed by atoms with van der Waals surface area (Å²) < 4.78 is 12.9. The third-order valence-corrected chi connectivity index (χ3v) is 3.35. The molecule has 0 atom stereocenters. The van der Waals surface area contributed by atoms with Crippen molar-refractivity contribution in [2.75, 3.05) is 6.54 Å². The fourth-order valence-corrected chi connectivity index (χ4v) is 2.12. The van der Waals surface area contributed by atoms with Crippen LogP contribution in [-0.2, 0) is 13.1 Å². The van der Waals surface area contributed by atoms with E-state index in [4.69, 9.17) is 5.73 Å². The van der Waals surface area contributed by atoms with E-state index in [0.29, 0.717) is 24.6 Å². The van der Waals surface area contributed by atoms with Gasteiger partial charge in [0.2, 0.25) is 5.91 Å². The van der Waals surface area contributed by atoms with Crippen LogP contribution in [0.25, 0.3) is 0 Å². The van der Waals surface area contributed by atoms with E-state index in [1.165, 1.54) is 12.1 Å². The van der Waals surface area contributed by atoms with Crippen LogP contribution in [0.2, 0.25) is 0 Å². The van der Waals surface area contributed by atoms with Gasteiger partial charge in [0, 0.05) is 18.7 Å². The van der Waals surface area contributed by atoms with Crippen molar-refractivity contribution in [3.05, 3.63) is 71.0 Å². The molecule has 0 aliphatic heterocycles. The molecule has 2 rings (SSSR count). The highest BCUT2D eigenvalue weighted by Gasteiger charge is 2.02. The molecular weight excluding hydrogens is 307 g/mol. The molecule has 126 valence electrons. The van der Waals surface area contributed by atoms with Gasteiger partial charge in [-0.1, -0.05) is 24.3 Å². The van der Waals surface area contributed by atoms with Gasteiger partial charge in [-0.3, -0.25) is 4.79 Å². The van der Waals surface area contributed by atoms with Gasteiger partial charge in [-0.05, 0) is 42.3 Å². The maximum atomic E-state index is 12.9. The molecule has 2 aromatic rings. The third kappa shape index (κ3) is 5.39. The van der Waals surface area contributed by atoms with Crippen LogP contribution in [-0.4, -0.2) is 18.4 Å². The summed E-state index contributed by atoms with van der Waals surface area (Å²) in [5, 5.41) is 6.33. The van der Waals surface area contributed by atoms with Gasteiger partial charge in [0.25, 0.3) is 0 Å². The molecule has 24 heavy (non-hydrogen) atoms. The van der Waals surface area contributed by atoms with Crippen molar-refractivity contribution in [1.82, 2.24) is 10.6 Å².